The first-order valence-electron chi connectivity index (χ1n) is 9.76. The van der Waals surface area contributed by atoms with Gasteiger partial charge in [0.1, 0.15) is 23.2 Å². The van der Waals surface area contributed by atoms with Gasteiger partial charge in [-0.3, -0.25) is 9.59 Å². The van der Waals surface area contributed by atoms with Gasteiger partial charge >= 0.3 is 0 Å². The fourth-order valence-corrected chi connectivity index (χ4v) is 5.40. The van der Waals surface area contributed by atoms with Gasteiger partial charge in [0.15, 0.2) is 0 Å². The molecule has 7 nitrogen and oxygen atoms in total. The normalized spacial score (nSPS) is 19.6. The molecule has 0 radical (unpaired) electrons. The summed E-state index contributed by atoms with van der Waals surface area (Å²) in [4.78, 5) is 41.5. The molecule has 0 atom stereocenters. The number of rotatable bonds is 3. The van der Waals surface area contributed by atoms with Gasteiger partial charge in [-0.2, -0.15) is 0 Å². The average molecular weight is 398 g/mol. The van der Waals surface area contributed by atoms with Crippen molar-refractivity contribution in [3.8, 4) is 0 Å². The van der Waals surface area contributed by atoms with Crippen molar-refractivity contribution in [2.45, 2.75) is 32.7 Å². The lowest BCUT2D eigenvalue weighted by Crippen LogP contribution is -2.38. The lowest BCUT2D eigenvalue weighted by atomic mass is 10.0. The molecular formula is C20H23N5O2S. The molecule has 2 amide bonds. The Bertz CT molecular complexity index is 968. The van der Waals surface area contributed by atoms with Gasteiger partial charge in [0.25, 0.3) is 5.91 Å². The van der Waals surface area contributed by atoms with Gasteiger partial charge in [0.05, 0.1) is 12.1 Å². The number of hydrogen-bond acceptors (Lipinski definition) is 6. The summed E-state index contributed by atoms with van der Waals surface area (Å²) in [6, 6.07) is 1.93. The largest absolute Gasteiger partial charge is 0.351 e. The highest BCUT2D eigenvalue weighted by Crippen LogP contribution is 2.43. The van der Waals surface area contributed by atoms with E-state index in [2.05, 4.69) is 14.9 Å². The van der Waals surface area contributed by atoms with E-state index in [1.54, 1.807) is 29.5 Å². The van der Waals surface area contributed by atoms with Crippen molar-refractivity contribution in [3.63, 3.8) is 0 Å². The lowest BCUT2D eigenvalue weighted by Gasteiger charge is -2.28. The van der Waals surface area contributed by atoms with E-state index >= 15 is 0 Å². The molecule has 1 aliphatic carbocycles. The van der Waals surface area contributed by atoms with Crippen LogP contribution in [0.25, 0.3) is 0 Å². The summed E-state index contributed by atoms with van der Waals surface area (Å²) in [5, 5.41) is 0.858. The minimum absolute atomic E-state index is 0.0227. The highest BCUT2D eigenvalue weighted by Gasteiger charge is 2.38. The molecule has 1 saturated carbocycles. The zero-order chi connectivity index (χ0) is 19.4. The first-order valence-corrected chi connectivity index (χ1v) is 10.6. The third kappa shape index (κ3) is 2.96. The van der Waals surface area contributed by atoms with Crippen LogP contribution in [0.2, 0.25) is 0 Å². The van der Waals surface area contributed by atoms with Crippen LogP contribution >= 0.6 is 11.3 Å². The van der Waals surface area contributed by atoms with Crippen LogP contribution in [-0.4, -0.2) is 53.4 Å². The Morgan fingerprint density at radius 1 is 1.25 bits per heavy atom. The van der Waals surface area contributed by atoms with Crippen LogP contribution in [0.1, 0.15) is 39.5 Å². The van der Waals surface area contributed by atoms with Crippen molar-refractivity contribution in [2.75, 3.05) is 36.5 Å². The Morgan fingerprint density at radius 2 is 2.07 bits per heavy atom. The van der Waals surface area contributed by atoms with Gasteiger partial charge in [-0.1, -0.05) is 0 Å². The predicted molar refractivity (Wildman–Crippen MR) is 108 cm³/mol. The smallest absolute Gasteiger partial charge is 0.257 e. The van der Waals surface area contributed by atoms with Crippen LogP contribution in [-0.2, 0) is 17.8 Å². The number of carbonyl (C=O) groups is 2. The SMILES string of the molecule is Cc1nccc(N2CCc3c(sc4c3C(=O)N(C)CC(=O)N4CC3CC3)C2)n1. The van der Waals surface area contributed by atoms with E-state index < -0.39 is 0 Å². The Kier molecular flexibility index (Phi) is 4.12. The number of likely N-dealkylation sites (N-methyl/N-ethyl adjacent to an activating group) is 1. The number of aryl methyl sites for hydroxylation is 1. The minimum atomic E-state index is -0.0227. The number of anilines is 2. The first kappa shape index (κ1) is 17.6. The summed E-state index contributed by atoms with van der Waals surface area (Å²) in [6.45, 7) is 4.31. The predicted octanol–water partition coefficient (Wildman–Crippen LogP) is 2.24. The van der Waals surface area contributed by atoms with Crippen LogP contribution in [0.15, 0.2) is 12.3 Å². The monoisotopic (exact) mass is 397 g/mol. The van der Waals surface area contributed by atoms with Crippen LogP contribution in [0.5, 0.6) is 0 Å². The molecule has 146 valence electrons. The average Bonchev–Trinajstić information content (AvgIpc) is 3.43. The highest BCUT2D eigenvalue weighted by molar-refractivity contribution is 7.17. The molecule has 1 fully saturated rings. The molecule has 8 heteroatoms. The van der Waals surface area contributed by atoms with Crippen LogP contribution in [0.3, 0.4) is 0 Å². The van der Waals surface area contributed by atoms with Gasteiger partial charge in [0.2, 0.25) is 5.91 Å². The summed E-state index contributed by atoms with van der Waals surface area (Å²) < 4.78 is 0. The van der Waals surface area contributed by atoms with Crippen molar-refractivity contribution in [2.24, 2.45) is 5.92 Å². The van der Waals surface area contributed by atoms with E-state index in [0.717, 1.165) is 47.3 Å². The molecule has 0 spiro atoms. The molecule has 3 aliphatic rings. The Balaban J connectivity index is 1.54. The van der Waals surface area contributed by atoms with Gasteiger partial charge in [-0.15, -0.1) is 11.3 Å². The molecule has 0 unspecified atom stereocenters. The number of hydrogen-bond donors (Lipinski definition) is 0. The van der Waals surface area contributed by atoms with Gasteiger partial charge in [-0.25, -0.2) is 9.97 Å². The van der Waals surface area contributed by atoms with Crippen molar-refractivity contribution in [1.82, 2.24) is 14.9 Å². The van der Waals surface area contributed by atoms with Crippen molar-refractivity contribution >= 4 is 34.0 Å². The summed E-state index contributed by atoms with van der Waals surface area (Å²) in [5.41, 5.74) is 1.88. The molecule has 0 N–H and O–H groups in total. The lowest BCUT2D eigenvalue weighted by molar-refractivity contribution is -0.119. The van der Waals surface area contributed by atoms with Gasteiger partial charge < -0.3 is 14.7 Å². The Labute approximate surface area is 168 Å². The second kappa shape index (κ2) is 6.55. The second-order valence-corrected chi connectivity index (χ2v) is 9.01. The van der Waals surface area contributed by atoms with Gasteiger partial charge in [-0.05, 0) is 43.7 Å². The molecule has 5 rings (SSSR count). The molecule has 2 aromatic rings. The van der Waals surface area contributed by atoms with Gasteiger partial charge in [0, 0.05) is 31.2 Å². The van der Waals surface area contributed by atoms with Crippen molar-refractivity contribution in [3.05, 3.63) is 34.1 Å². The zero-order valence-corrected chi connectivity index (χ0v) is 17.0. The standard InChI is InChI=1S/C20H23N5O2S/c1-12-21-7-5-16(22-12)24-8-6-14-15(10-24)28-20-18(14)19(27)23(2)11-17(26)25(20)9-13-3-4-13/h5,7,13H,3-4,6,8-11H2,1-2H3. The third-order valence-electron chi connectivity index (χ3n) is 5.74. The molecule has 2 aromatic heterocycles. The molecular weight excluding hydrogens is 374 g/mol. The van der Waals surface area contributed by atoms with E-state index in [4.69, 9.17) is 0 Å². The first-order chi connectivity index (χ1) is 13.5. The minimum Gasteiger partial charge on any atom is -0.351 e. The molecule has 0 saturated heterocycles. The number of amides is 2. The van der Waals surface area contributed by atoms with E-state index in [1.807, 2.05) is 17.9 Å². The molecule has 28 heavy (non-hydrogen) atoms. The third-order valence-corrected chi connectivity index (χ3v) is 6.98. The summed E-state index contributed by atoms with van der Waals surface area (Å²) in [5.74, 6) is 2.25. The van der Waals surface area contributed by atoms with E-state index in [9.17, 15) is 9.59 Å². The van der Waals surface area contributed by atoms with E-state index in [-0.39, 0.29) is 18.4 Å². The number of fused-ring (bicyclic) bond motifs is 3. The summed E-state index contributed by atoms with van der Waals surface area (Å²) in [6.07, 6.45) is 4.92. The number of aromatic nitrogens is 2. The maximum atomic E-state index is 13.1. The Hall–Kier alpha value is -2.48. The maximum absolute atomic E-state index is 13.1. The Morgan fingerprint density at radius 3 is 2.82 bits per heavy atom. The number of thiophene rings is 1. The number of carbonyl (C=O) groups excluding carboxylic acids is 2. The highest BCUT2D eigenvalue weighted by atomic mass is 32.1. The molecule has 4 heterocycles. The number of nitrogens with zero attached hydrogens (tertiary/aromatic N) is 5. The van der Waals surface area contributed by atoms with Crippen molar-refractivity contribution in [1.29, 1.82) is 0 Å². The fourth-order valence-electron chi connectivity index (χ4n) is 4.02. The fraction of sp³-hybridized carbons (Fsp3) is 0.500. The van der Waals surface area contributed by atoms with Crippen molar-refractivity contribution < 1.29 is 9.59 Å². The zero-order valence-electron chi connectivity index (χ0n) is 16.1. The van der Waals surface area contributed by atoms with E-state index in [1.165, 1.54) is 17.7 Å². The second-order valence-electron chi connectivity index (χ2n) is 7.93. The topological polar surface area (TPSA) is 69.6 Å². The van der Waals surface area contributed by atoms with E-state index in [0.29, 0.717) is 12.5 Å². The quantitative estimate of drug-likeness (QED) is 0.794. The molecule has 0 aromatic carbocycles. The summed E-state index contributed by atoms with van der Waals surface area (Å²) in [7, 11) is 1.73. The maximum Gasteiger partial charge on any atom is 0.257 e. The summed E-state index contributed by atoms with van der Waals surface area (Å²) >= 11 is 1.61. The molecule has 0 bridgehead atoms. The molecule has 2 aliphatic heterocycles. The van der Waals surface area contributed by atoms with Crippen LogP contribution in [0.4, 0.5) is 10.8 Å². The van der Waals surface area contributed by atoms with Crippen LogP contribution < -0.4 is 9.80 Å². The van der Waals surface area contributed by atoms with Crippen LogP contribution in [0, 0.1) is 12.8 Å².